The molecule has 1 aliphatic rings. The van der Waals surface area contributed by atoms with Crippen molar-refractivity contribution in [2.24, 2.45) is 0 Å². The van der Waals surface area contributed by atoms with E-state index in [1.807, 2.05) is 18.4 Å². The first-order valence-electron chi connectivity index (χ1n) is 6.90. The highest BCUT2D eigenvalue weighted by atomic mass is 32.1. The van der Waals surface area contributed by atoms with Crippen molar-refractivity contribution in [2.75, 3.05) is 12.3 Å². The fraction of sp³-hybridized carbons (Fsp3) is 0.571. The number of anilines is 1. The number of ether oxygens (including phenoxy) is 1. The number of fused-ring (bicyclic) bond motifs is 1. The van der Waals surface area contributed by atoms with E-state index >= 15 is 0 Å². The maximum absolute atomic E-state index is 6.06. The van der Waals surface area contributed by atoms with Crippen LogP contribution in [0.3, 0.4) is 0 Å². The molecule has 3 rings (SSSR count). The Morgan fingerprint density at radius 2 is 2.11 bits per heavy atom. The van der Waals surface area contributed by atoms with E-state index in [-0.39, 0.29) is 5.60 Å². The lowest BCUT2D eigenvalue weighted by Crippen LogP contribution is -2.34. The van der Waals surface area contributed by atoms with Crippen LogP contribution in [-0.4, -0.2) is 16.6 Å². The van der Waals surface area contributed by atoms with E-state index in [1.165, 1.54) is 19.3 Å². The predicted molar refractivity (Wildman–Crippen MR) is 78.2 cm³/mol. The number of nitrogen functional groups attached to an aromatic ring is 1. The molecule has 5 heteroatoms. The molecule has 0 saturated heterocycles. The topological polar surface area (TPSA) is 61.0 Å². The Kier molecular flexibility index (Phi) is 3.41. The van der Waals surface area contributed by atoms with Crippen molar-refractivity contribution in [3.8, 4) is 0 Å². The lowest BCUT2D eigenvalue weighted by Gasteiger charge is -2.35. The molecule has 1 aliphatic carbocycles. The van der Waals surface area contributed by atoms with Crippen LogP contribution >= 0.6 is 11.3 Å². The molecule has 0 atom stereocenters. The van der Waals surface area contributed by atoms with Crippen molar-refractivity contribution in [3.63, 3.8) is 0 Å². The molecule has 19 heavy (non-hydrogen) atoms. The molecule has 0 unspecified atom stereocenters. The Morgan fingerprint density at radius 1 is 1.32 bits per heavy atom. The van der Waals surface area contributed by atoms with Gasteiger partial charge in [-0.2, -0.15) is 0 Å². The van der Waals surface area contributed by atoms with E-state index in [4.69, 9.17) is 15.5 Å². The molecule has 0 amide bonds. The van der Waals surface area contributed by atoms with Gasteiger partial charge in [-0.15, -0.1) is 11.3 Å². The monoisotopic (exact) mass is 277 g/mol. The molecule has 0 aromatic carbocycles. The summed E-state index contributed by atoms with van der Waals surface area (Å²) in [6, 6.07) is 1.98. The molecule has 0 aliphatic heterocycles. The van der Waals surface area contributed by atoms with Crippen molar-refractivity contribution < 1.29 is 4.74 Å². The normalized spacial score (nSPS) is 18.8. The fourth-order valence-corrected chi connectivity index (χ4v) is 3.69. The standard InChI is InChI=1S/C14H19N3OS/c1-2-18-14(7-4-3-5-8-14)13-16-11(15)10-6-9-19-12(10)17-13/h6,9H,2-5,7-8H2,1H3,(H2,15,16,17). The molecule has 2 aromatic heterocycles. The summed E-state index contributed by atoms with van der Waals surface area (Å²) < 4.78 is 6.06. The maximum Gasteiger partial charge on any atom is 0.164 e. The average molecular weight is 277 g/mol. The molecule has 0 radical (unpaired) electrons. The molecule has 1 saturated carbocycles. The Bertz CT molecular complexity index is 570. The van der Waals surface area contributed by atoms with Gasteiger partial charge in [0.15, 0.2) is 5.82 Å². The van der Waals surface area contributed by atoms with Crippen LogP contribution in [0.15, 0.2) is 11.4 Å². The number of aromatic nitrogens is 2. The fourth-order valence-electron chi connectivity index (χ4n) is 2.91. The third kappa shape index (κ3) is 2.21. The lowest BCUT2D eigenvalue weighted by molar-refractivity contribution is -0.0763. The number of thiophene rings is 1. The van der Waals surface area contributed by atoms with E-state index in [1.54, 1.807) is 11.3 Å². The van der Waals surface area contributed by atoms with Gasteiger partial charge in [0.05, 0.1) is 5.39 Å². The number of hydrogen-bond donors (Lipinski definition) is 1. The van der Waals surface area contributed by atoms with Gasteiger partial charge in [-0.25, -0.2) is 9.97 Å². The second-order valence-electron chi connectivity index (χ2n) is 5.06. The number of nitrogens with two attached hydrogens (primary N) is 1. The Labute approximate surface area is 117 Å². The SMILES string of the molecule is CCOC1(c2nc(N)c3ccsc3n2)CCCCC1. The van der Waals surface area contributed by atoms with Gasteiger partial charge in [0.2, 0.25) is 0 Å². The van der Waals surface area contributed by atoms with E-state index in [0.717, 1.165) is 28.9 Å². The van der Waals surface area contributed by atoms with E-state index in [9.17, 15) is 0 Å². The summed E-state index contributed by atoms with van der Waals surface area (Å²) >= 11 is 1.61. The van der Waals surface area contributed by atoms with Gasteiger partial charge >= 0.3 is 0 Å². The molecule has 2 aromatic rings. The number of rotatable bonds is 3. The Morgan fingerprint density at radius 3 is 2.84 bits per heavy atom. The smallest absolute Gasteiger partial charge is 0.164 e. The maximum atomic E-state index is 6.06. The highest BCUT2D eigenvalue weighted by Crippen LogP contribution is 2.40. The van der Waals surface area contributed by atoms with Crippen molar-refractivity contribution in [1.82, 2.24) is 9.97 Å². The van der Waals surface area contributed by atoms with E-state index < -0.39 is 0 Å². The summed E-state index contributed by atoms with van der Waals surface area (Å²) in [6.45, 7) is 2.72. The van der Waals surface area contributed by atoms with Crippen molar-refractivity contribution in [2.45, 2.75) is 44.6 Å². The molecule has 1 fully saturated rings. The van der Waals surface area contributed by atoms with Gasteiger partial charge in [0, 0.05) is 6.61 Å². The molecule has 2 heterocycles. The van der Waals surface area contributed by atoms with Crippen molar-refractivity contribution in [1.29, 1.82) is 0 Å². The van der Waals surface area contributed by atoms with Crippen LogP contribution in [0.4, 0.5) is 5.82 Å². The molecular weight excluding hydrogens is 258 g/mol. The third-order valence-corrected chi connectivity index (χ3v) is 4.65. The van der Waals surface area contributed by atoms with Crippen LogP contribution in [0.2, 0.25) is 0 Å². The molecule has 0 bridgehead atoms. The first-order valence-corrected chi connectivity index (χ1v) is 7.78. The van der Waals surface area contributed by atoms with Crippen LogP contribution in [0, 0.1) is 0 Å². The molecule has 2 N–H and O–H groups in total. The number of hydrogen-bond acceptors (Lipinski definition) is 5. The van der Waals surface area contributed by atoms with Gasteiger partial charge < -0.3 is 10.5 Å². The van der Waals surface area contributed by atoms with Crippen molar-refractivity contribution >= 4 is 27.4 Å². The highest BCUT2D eigenvalue weighted by molar-refractivity contribution is 7.16. The second kappa shape index (κ2) is 5.06. The minimum atomic E-state index is -0.320. The number of nitrogens with zero attached hydrogens (tertiary/aromatic N) is 2. The minimum absolute atomic E-state index is 0.320. The summed E-state index contributed by atoms with van der Waals surface area (Å²) in [5, 5.41) is 2.96. The first kappa shape index (κ1) is 12.8. The van der Waals surface area contributed by atoms with Crippen LogP contribution in [0.1, 0.15) is 44.9 Å². The molecular formula is C14H19N3OS. The summed E-state index contributed by atoms with van der Waals surface area (Å²) in [7, 11) is 0. The molecule has 0 spiro atoms. The van der Waals surface area contributed by atoms with Gasteiger partial charge in [-0.05, 0) is 31.2 Å². The van der Waals surface area contributed by atoms with Gasteiger partial charge in [-0.1, -0.05) is 19.3 Å². The van der Waals surface area contributed by atoms with E-state index in [2.05, 4.69) is 4.98 Å². The van der Waals surface area contributed by atoms with Crippen LogP contribution < -0.4 is 5.73 Å². The first-order chi connectivity index (χ1) is 9.25. The van der Waals surface area contributed by atoms with Crippen LogP contribution in [-0.2, 0) is 10.3 Å². The Hall–Kier alpha value is -1.20. The third-order valence-electron chi connectivity index (χ3n) is 3.84. The quantitative estimate of drug-likeness (QED) is 0.933. The van der Waals surface area contributed by atoms with Gasteiger partial charge in [-0.3, -0.25) is 0 Å². The average Bonchev–Trinajstić information content (AvgIpc) is 2.89. The lowest BCUT2D eigenvalue weighted by atomic mass is 9.84. The van der Waals surface area contributed by atoms with Crippen molar-refractivity contribution in [3.05, 3.63) is 17.3 Å². The predicted octanol–water partition coefficient (Wildman–Crippen LogP) is 3.47. The zero-order chi connectivity index (χ0) is 13.3. The minimum Gasteiger partial charge on any atom is -0.383 e. The Balaban J connectivity index is 2.08. The zero-order valence-electron chi connectivity index (χ0n) is 11.2. The largest absolute Gasteiger partial charge is 0.383 e. The van der Waals surface area contributed by atoms with Gasteiger partial charge in [0.1, 0.15) is 16.2 Å². The molecule has 4 nitrogen and oxygen atoms in total. The van der Waals surface area contributed by atoms with Crippen LogP contribution in [0.25, 0.3) is 10.2 Å². The summed E-state index contributed by atoms with van der Waals surface area (Å²) in [4.78, 5) is 10.2. The highest BCUT2D eigenvalue weighted by Gasteiger charge is 2.38. The molecule has 102 valence electrons. The van der Waals surface area contributed by atoms with E-state index in [0.29, 0.717) is 12.4 Å². The van der Waals surface area contributed by atoms with Crippen LogP contribution in [0.5, 0.6) is 0 Å². The summed E-state index contributed by atoms with van der Waals surface area (Å²) in [6.07, 6.45) is 5.61. The zero-order valence-corrected chi connectivity index (χ0v) is 12.0. The summed E-state index contributed by atoms with van der Waals surface area (Å²) in [5.74, 6) is 1.35. The van der Waals surface area contributed by atoms with Gasteiger partial charge in [0.25, 0.3) is 0 Å². The summed E-state index contributed by atoms with van der Waals surface area (Å²) in [5.41, 5.74) is 5.74. The second-order valence-corrected chi connectivity index (χ2v) is 5.95.